The summed E-state index contributed by atoms with van der Waals surface area (Å²) in [6.07, 6.45) is 1.10. The van der Waals surface area contributed by atoms with E-state index in [4.69, 9.17) is 4.74 Å². The van der Waals surface area contributed by atoms with Crippen LogP contribution in [0.25, 0.3) is 0 Å². The van der Waals surface area contributed by atoms with Crippen LogP contribution in [0, 0.1) is 0 Å². The van der Waals surface area contributed by atoms with E-state index in [9.17, 15) is 4.79 Å². The molecule has 1 atom stereocenters. The van der Waals surface area contributed by atoms with Crippen molar-refractivity contribution in [3.8, 4) is 0 Å². The standard InChI is InChI=1S/C10H20O2S/c1-6-7-13-8(2)9(11)12-10(3,4)5/h8H,6-7H2,1-5H3. The van der Waals surface area contributed by atoms with Crippen LogP contribution in [0.1, 0.15) is 41.0 Å². The Morgan fingerprint density at radius 2 is 2.00 bits per heavy atom. The van der Waals surface area contributed by atoms with Crippen molar-refractivity contribution in [3.05, 3.63) is 0 Å². The Labute approximate surface area is 85.4 Å². The highest BCUT2D eigenvalue weighted by Gasteiger charge is 2.21. The Morgan fingerprint density at radius 3 is 2.38 bits per heavy atom. The lowest BCUT2D eigenvalue weighted by Crippen LogP contribution is -2.28. The van der Waals surface area contributed by atoms with Gasteiger partial charge in [0.05, 0.1) is 5.25 Å². The lowest BCUT2D eigenvalue weighted by Gasteiger charge is -2.21. The Balaban J connectivity index is 3.83. The van der Waals surface area contributed by atoms with Crippen LogP contribution in [0.3, 0.4) is 0 Å². The van der Waals surface area contributed by atoms with Gasteiger partial charge in [0.2, 0.25) is 0 Å². The third-order valence-electron chi connectivity index (χ3n) is 1.31. The fraction of sp³-hybridized carbons (Fsp3) is 0.900. The van der Waals surface area contributed by atoms with Crippen molar-refractivity contribution in [2.45, 2.75) is 51.9 Å². The summed E-state index contributed by atoms with van der Waals surface area (Å²) in [5.74, 6) is 0.909. The molecular weight excluding hydrogens is 184 g/mol. The molecule has 0 aromatic heterocycles. The molecule has 78 valence electrons. The first kappa shape index (κ1) is 12.8. The van der Waals surface area contributed by atoms with Crippen LogP contribution in [0.2, 0.25) is 0 Å². The van der Waals surface area contributed by atoms with Crippen LogP contribution in [-0.2, 0) is 9.53 Å². The molecule has 2 nitrogen and oxygen atoms in total. The highest BCUT2D eigenvalue weighted by molar-refractivity contribution is 8.00. The Morgan fingerprint density at radius 1 is 1.46 bits per heavy atom. The molecule has 1 unspecified atom stereocenters. The molecule has 0 saturated carbocycles. The van der Waals surface area contributed by atoms with E-state index in [1.165, 1.54) is 0 Å². The molecule has 0 amide bonds. The lowest BCUT2D eigenvalue weighted by atomic mass is 10.2. The zero-order chi connectivity index (χ0) is 10.5. The first-order valence-electron chi connectivity index (χ1n) is 4.71. The number of hydrogen-bond donors (Lipinski definition) is 0. The fourth-order valence-electron chi connectivity index (χ4n) is 0.747. The second-order valence-electron chi connectivity index (χ2n) is 4.05. The number of ether oxygens (including phenoxy) is 1. The van der Waals surface area contributed by atoms with Gasteiger partial charge >= 0.3 is 5.97 Å². The van der Waals surface area contributed by atoms with E-state index in [1.54, 1.807) is 11.8 Å². The van der Waals surface area contributed by atoms with Crippen molar-refractivity contribution >= 4 is 17.7 Å². The van der Waals surface area contributed by atoms with Crippen LogP contribution in [0.5, 0.6) is 0 Å². The molecule has 0 aromatic rings. The third-order valence-corrected chi connectivity index (χ3v) is 2.65. The van der Waals surface area contributed by atoms with Gasteiger partial charge in [0, 0.05) is 0 Å². The molecule has 0 rings (SSSR count). The van der Waals surface area contributed by atoms with E-state index in [0.717, 1.165) is 12.2 Å². The summed E-state index contributed by atoms with van der Waals surface area (Å²) < 4.78 is 5.24. The highest BCUT2D eigenvalue weighted by atomic mass is 32.2. The average Bonchev–Trinajstić information content (AvgIpc) is 1.96. The molecule has 0 radical (unpaired) electrons. The number of carbonyl (C=O) groups excluding carboxylic acids is 1. The molecule has 0 heterocycles. The lowest BCUT2D eigenvalue weighted by molar-refractivity contribution is -0.153. The summed E-state index contributed by atoms with van der Waals surface area (Å²) in [4.78, 5) is 11.4. The number of rotatable bonds is 4. The average molecular weight is 204 g/mol. The minimum Gasteiger partial charge on any atom is -0.459 e. The monoisotopic (exact) mass is 204 g/mol. The van der Waals surface area contributed by atoms with Crippen LogP contribution in [0.4, 0.5) is 0 Å². The molecule has 0 fully saturated rings. The van der Waals surface area contributed by atoms with Crippen molar-refractivity contribution in [1.82, 2.24) is 0 Å². The summed E-state index contributed by atoms with van der Waals surface area (Å²) in [6, 6.07) is 0. The van der Waals surface area contributed by atoms with Gasteiger partial charge in [0.1, 0.15) is 5.60 Å². The maximum absolute atomic E-state index is 11.4. The van der Waals surface area contributed by atoms with Gasteiger partial charge in [0.25, 0.3) is 0 Å². The van der Waals surface area contributed by atoms with E-state index >= 15 is 0 Å². The molecule has 13 heavy (non-hydrogen) atoms. The summed E-state index contributed by atoms with van der Waals surface area (Å²) >= 11 is 1.65. The maximum atomic E-state index is 11.4. The minimum absolute atomic E-state index is 0.0424. The molecule has 0 aromatic carbocycles. The van der Waals surface area contributed by atoms with Gasteiger partial charge in [0.15, 0.2) is 0 Å². The zero-order valence-corrected chi connectivity index (χ0v) is 10.0. The topological polar surface area (TPSA) is 26.3 Å². The van der Waals surface area contributed by atoms with Crippen LogP contribution < -0.4 is 0 Å². The van der Waals surface area contributed by atoms with Crippen LogP contribution in [-0.4, -0.2) is 22.6 Å². The largest absolute Gasteiger partial charge is 0.459 e. The predicted octanol–water partition coefficient (Wildman–Crippen LogP) is 2.86. The van der Waals surface area contributed by atoms with Gasteiger partial charge in [-0.25, -0.2) is 0 Å². The Kier molecular flexibility index (Phi) is 5.45. The third kappa shape index (κ3) is 6.94. The van der Waals surface area contributed by atoms with Crippen LogP contribution in [0.15, 0.2) is 0 Å². The molecule has 0 bridgehead atoms. The zero-order valence-electron chi connectivity index (χ0n) is 9.22. The molecule has 0 aliphatic rings. The first-order valence-corrected chi connectivity index (χ1v) is 5.76. The minimum atomic E-state index is -0.363. The van der Waals surface area contributed by atoms with E-state index in [1.807, 2.05) is 27.7 Å². The maximum Gasteiger partial charge on any atom is 0.319 e. The van der Waals surface area contributed by atoms with Crippen molar-refractivity contribution in [1.29, 1.82) is 0 Å². The van der Waals surface area contributed by atoms with E-state index < -0.39 is 0 Å². The second kappa shape index (κ2) is 5.53. The van der Waals surface area contributed by atoms with Crippen LogP contribution >= 0.6 is 11.8 Å². The smallest absolute Gasteiger partial charge is 0.319 e. The summed E-state index contributed by atoms with van der Waals surface area (Å²) in [5, 5.41) is -0.0424. The van der Waals surface area contributed by atoms with E-state index in [2.05, 4.69) is 6.92 Å². The predicted molar refractivity (Wildman–Crippen MR) is 58.1 cm³/mol. The van der Waals surface area contributed by atoms with Crippen molar-refractivity contribution in [2.75, 3.05) is 5.75 Å². The van der Waals surface area contributed by atoms with E-state index in [-0.39, 0.29) is 16.8 Å². The molecular formula is C10H20O2S. The van der Waals surface area contributed by atoms with Gasteiger partial charge in [-0.1, -0.05) is 6.92 Å². The van der Waals surface area contributed by atoms with Gasteiger partial charge in [-0.15, -0.1) is 11.8 Å². The van der Waals surface area contributed by atoms with Gasteiger partial charge in [-0.3, -0.25) is 4.79 Å². The molecule has 0 spiro atoms. The number of hydrogen-bond acceptors (Lipinski definition) is 3. The SMILES string of the molecule is CCCSC(C)C(=O)OC(C)(C)C. The molecule has 0 N–H and O–H groups in total. The van der Waals surface area contributed by atoms with Crippen molar-refractivity contribution < 1.29 is 9.53 Å². The quantitative estimate of drug-likeness (QED) is 0.659. The van der Waals surface area contributed by atoms with E-state index in [0.29, 0.717) is 0 Å². The van der Waals surface area contributed by atoms with Crippen molar-refractivity contribution in [3.63, 3.8) is 0 Å². The second-order valence-corrected chi connectivity index (χ2v) is 5.50. The normalized spacial score (nSPS) is 13.9. The number of esters is 1. The molecule has 0 aliphatic carbocycles. The Bertz CT molecular complexity index is 161. The molecule has 3 heteroatoms. The molecule has 0 aliphatic heterocycles. The molecule has 0 saturated heterocycles. The summed E-state index contributed by atoms with van der Waals surface area (Å²) in [6.45, 7) is 9.68. The van der Waals surface area contributed by atoms with Gasteiger partial charge in [-0.2, -0.15) is 0 Å². The first-order chi connectivity index (χ1) is 5.87. The summed E-state index contributed by atoms with van der Waals surface area (Å²) in [7, 11) is 0. The highest BCUT2D eigenvalue weighted by Crippen LogP contribution is 2.16. The number of carbonyl (C=O) groups is 1. The van der Waals surface area contributed by atoms with Crippen molar-refractivity contribution in [2.24, 2.45) is 0 Å². The van der Waals surface area contributed by atoms with Gasteiger partial charge in [-0.05, 0) is 39.9 Å². The number of thioether (sulfide) groups is 1. The van der Waals surface area contributed by atoms with Gasteiger partial charge < -0.3 is 4.74 Å². The summed E-state index contributed by atoms with van der Waals surface area (Å²) in [5.41, 5.74) is -0.363. The Hall–Kier alpha value is -0.180. The fourth-order valence-corrected chi connectivity index (χ4v) is 1.52.